The van der Waals surface area contributed by atoms with E-state index < -0.39 is 11.4 Å². The number of nitrogens with zero attached hydrogens (tertiary/aromatic N) is 1. The van der Waals surface area contributed by atoms with Crippen molar-refractivity contribution in [1.29, 1.82) is 5.26 Å². The molecule has 0 atom stereocenters. The summed E-state index contributed by atoms with van der Waals surface area (Å²) >= 11 is 0. The minimum absolute atomic E-state index is 0.161. The van der Waals surface area contributed by atoms with Crippen molar-refractivity contribution in [3.05, 3.63) is 53.6 Å². The summed E-state index contributed by atoms with van der Waals surface area (Å²) in [6.45, 7) is 2.23. The van der Waals surface area contributed by atoms with Crippen molar-refractivity contribution in [2.45, 2.75) is 25.2 Å². The Kier molecular flexibility index (Phi) is 6.15. The Labute approximate surface area is 169 Å². The minimum atomic E-state index is -0.744. The van der Waals surface area contributed by atoms with Crippen molar-refractivity contribution in [1.82, 2.24) is 0 Å². The van der Waals surface area contributed by atoms with E-state index in [-0.39, 0.29) is 17.2 Å². The van der Waals surface area contributed by atoms with Crippen LogP contribution in [0.15, 0.2) is 42.5 Å². The first-order valence-electron chi connectivity index (χ1n) is 9.25. The van der Waals surface area contributed by atoms with Gasteiger partial charge in [0.2, 0.25) is 5.91 Å². The van der Waals surface area contributed by atoms with Crippen molar-refractivity contribution in [2.75, 3.05) is 25.6 Å². The third-order valence-electron chi connectivity index (χ3n) is 5.04. The Hall–Kier alpha value is -3.37. The third-order valence-corrected chi connectivity index (χ3v) is 5.04. The highest BCUT2D eigenvalue weighted by Crippen LogP contribution is 2.37. The van der Waals surface area contributed by atoms with Gasteiger partial charge in [-0.15, -0.1) is 0 Å². The van der Waals surface area contributed by atoms with Crippen molar-refractivity contribution >= 4 is 17.6 Å². The van der Waals surface area contributed by atoms with E-state index in [1.54, 1.807) is 13.2 Å². The van der Waals surface area contributed by atoms with Gasteiger partial charge in [0, 0.05) is 25.8 Å². The summed E-state index contributed by atoms with van der Waals surface area (Å²) in [7, 11) is 1.60. The van der Waals surface area contributed by atoms with Gasteiger partial charge < -0.3 is 19.5 Å². The van der Waals surface area contributed by atoms with Crippen LogP contribution in [0, 0.1) is 11.3 Å². The van der Waals surface area contributed by atoms with Crippen molar-refractivity contribution in [3.8, 4) is 17.6 Å². The number of methoxy groups -OCH3 is 1. The van der Waals surface area contributed by atoms with Crippen molar-refractivity contribution in [2.24, 2.45) is 0 Å². The van der Waals surface area contributed by atoms with Crippen molar-refractivity contribution < 1.29 is 23.8 Å². The molecule has 3 rings (SSSR count). The predicted octanol–water partition coefficient (Wildman–Crippen LogP) is 3.18. The second-order valence-corrected chi connectivity index (χ2v) is 6.79. The summed E-state index contributed by atoms with van der Waals surface area (Å²) in [4.78, 5) is 24.5. The molecule has 0 radical (unpaired) electrons. The number of amides is 1. The zero-order valence-corrected chi connectivity index (χ0v) is 16.4. The average Bonchev–Trinajstić information content (AvgIpc) is 2.75. The molecule has 1 saturated heterocycles. The monoisotopic (exact) mass is 394 g/mol. The fourth-order valence-corrected chi connectivity index (χ4v) is 3.47. The number of esters is 1. The summed E-state index contributed by atoms with van der Waals surface area (Å²) in [6, 6.07) is 14.1. The highest BCUT2D eigenvalue weighted by Gasteiger charge is 2.41. The van der Waals surface area contributed by atoms with E-state index in [1.165, 1.54) is 19.1 Å². The molecule has 1 aliphatic rings. The highest BCUT2D eigenvalue weighted by molar-refractivity contribution is 5.99. The van der Waals surface area contributed by atoms with Gasteiger partial charge >= 0.3 is 5.97 Å². The second-order valence-electron chi connectivity index (χ2n) is 6.79. The fourth-order valence-electron chi connectivity index (χ4n) is 3.47. The number of nitrogens with one attached hydrogen (secondary N) is 1. The van der Waals surface area contributed by atoms with Gasteiger partial charge in [-0.1, -0.05) is 12.1 Å². The first-order chi connectivity index (χ1) is 14.0. The van der Waals surface area contributed by atoms with Gasteiger partial charge in [-0.2, -0.15) is 5.26 Å². The summed E-state index contributed by atoms with van der Waals surface area (Å²) < 4.78 is 15.7. The van der Waals surface area contributed by atoms with E-state index in [2.05, 4.69) is 5.32 Å². The van der Waals surface area contributed by atoms with Gasteiger partial charge in [-0.25, -0.2) is 0 Å². The molecule has 2 aromatic rings. The lowest BCUT2D eigenvalue weighted by Gasteiger charge is -2.36. The maximum absolute atomic E-state index is 13.3. The molecule has 1 fully saturated rings. The lowest BCUT2D eigenvalue weighted by Crippen LogP contribution is -2.44. The van der Waals surface area contributed by atoms with Gasteiger partial charge in [-0.05, 0) is 48.7 Å². The van der Waals surface area contributed by atoms with Crippen LogP contribution in [-0.2, 0) is 19.7 Å². The predicted molar refractivity (Wildman–Crippen MR) is 106 cm³/mol. The Morgan fingerprint density at radius 2 is 1.83 bits per heavy atom. The van der Waals surface area contributed by atoms with E-state index in [4.69, 9.17) is 14.2 Å². The number of hydrogen-bond acceptors (Lipinski definition) is 6. The Balaban J connectivity index is 1.89. The van der Waals surface area contributed by atoms with Gasteiger partial charge in [0.1, 0.15) is 17.6 Å². The molecular formula is C22H22N2O5. The van der Waals surface area contributed by atoms with Gasteiger partial charge in [0.25, 0.3) is 0 Å². The van der Waals surface area contributed by atoms with E-state index in [0.29, 0.717) is 31.7 Å². The summed E-state index contributed by atoms with van der Waals surface area (Å²) in [5, 5.41) is 12.3. The molecule has 0 spiro atoms. The molecule has 7 heteroatoms. The van der Waals surface area contributed by atoms with Crippen LogP contribution in [0.3, 0.4) is 0 Å². The van der Waals surface area contributed by atoms with Gasteiger partial charge in [-0.3, -0.25) is 9.59 Å². The van der Waals surface area contributed by atoms with E-state index in [1.807, 2.05) is 30.3 Å². The van der Waals surface area contributed by atoms with E-state index >= 15 is 0 Å². The average molecular weight is 394 g/mol. The van der Waals surface area contributed by atoms with E-state index in [0.717, 1.165) is 11.3 Å². The summed E-state index contributed by atoms with van der Waals surface area (Å²) in [6.07, 6.45) is 1.09. The maximum Gasteiger partial charge on any atom is 0.308 e. The van der Waals surface area contributed by atoms with Crippen LogP contribution in [0.1, 0.15) is 30.9 Å². The first-order valence-corrected chi connectivity index (χ1v) is 9.25. The normalized spacial score (nSPS) is 15.1. The minimum Gasteiger partial charge on any atom is -0.497 e. The van der Waals surface area contributed by atoms with Gasteiger partial charge in [0.05, 0.1) is 18.1 Å². The number of nitriles is 1. The molecule has 1 amide bonds. The lowest BCUT2D eigenvalue weighted by molar-refractivity contribution is -0.132. The number of rotatable bonds is 5. The number of carbonyl (C=O) groups is 2. The summed E-state index contributed by atoms with van der Waals surface area (Å²) in [5.74, 6) is 0.194. The molecule has 2 aromatic carbocycles. The highest BCUT2D eigenvalue weighted by atomic mass is 16.5. The molecule has 0 unspecified atom stereocenters. The van der Waals surface area contributed by atoms with Crippen LogP contribution >= 0.6 is 0 Å². The molecular weight excluding hydrogens is 372 g/mol. The molecule has 0 bridgehead atoms. The van der Waals surface area contributed by atoms with Crippen LogP contribution in [-0.4, -0.2) is 32.2 Å². The molecule has 150 valence electrons. The first kappa shape index (κ1) is 20.4. The van der Waals surface area contributed by atoms with Gasteiger partial charge in [0.15, 0.2) is 0 Å². The van der Waals surface area contributed by atoms with Crippen LogP contribution in [0.5, 0.6) is 11.5 Å². The Bertz CT molecular complexity index is 941. The SMILES string of the molecule is COc1ccc(C2(C(=O)Nc3ccc(OC(C)=O)c(C#N)c3)CCOCC2)cc1. The zero-order chi connectivity index (χ0) is 20.9. The zero-order valence-electron chi connectivity index (χ0n) is 16.4. The number of carbonyl (C=O) groups excluding carboxylic acids is 2. The Morgan fingerprint density at radius 3 is 2.41 bits per heavy atom. The van der Waals surface area contributed by atoms with Crippen LogP contribution in [0.2, 0.25) is 0 Å². The largest absolute Gasteiger partial charge is 0.497 e. The topological polar surface area (TPSA) is 97.6 Å². The molecule has 7 nitrogen and oxygen atoms in total. The van der Waals surface area contributed by atoms with Crippen molar-refractivity contribution in [3.63, 3.8) is 0 Å². The second kappa shape index (κ2) is 8.76. The third kappa shape index (κ3) is 4.39. The molecule has 0 saturated carbocycles. The number of benzene rings is 2. The number of ether oxygens (including phenoxy) is 3. The van der Waals surface area contributed by atoms with Crippen LogP contribution in [0.4, 0.5) is 5.69 Å². The van der Waals surface area contributed by atoms with Crippen LogP contribution < -0.4 is 14.8 Å². The smallest absolute Gasteiger partial charge is 0.308 e. The number of hydrogen-bond donors (Lipinski definition) is 1. The molecule has 1 heterocycles. The molecule has 29 heavy (non-hydrogen) atoms. The molecule has 1 N–H and O–H groups in total. The molecule has 0 aliphatic carbocycles. The standard InChI is InChI=1S/C22H22N2O5/c1-15(25)29-20-8-5-18(13-16(20)14-23)24-21(26)22(9-11-28-12-10-22)17-3-6-19(27-2)7-4-17/h3-8,13H,9-12H2,1-2H3,(H,24,26). The van der Waals surface area contributed by atoms with E-state index in [9.17, 15) is 14.9 Å². The molecule has 1 aliphatic heterocycles. The fraction of sp³-hybridized carbons (Fsp3) is 0.318. The molecule has 0 aromatic heterocycles. The number of anilines is 1. The summed E-state index contributed by atoms with van der Waals surface area (Å²) in [5.41, 5.74) is 0.771. The van der Waals surface area contributed by atoms with Crippen LogP contribution in [0.25, 0.3) is 0 Å². The lowest BCUT2D eigenvalue weighted by atomic mass is 9.73. The quantitative estimate of drug-likeness (QED) is 0.618. The maximum atomic E-state index is 13.3. The Morgan fingerprint density at radius 1 is 1.14 bits per heavy atom.